The van der Waals surface area contributed by atoms with E-state index >= 15 is 0 Å². The fourth-order valence-electron chi connectivity index (χ4n) is 4.42. The quantitative estimate of drug-likeness (QED) is 0.797. The van der Waals surface area contributed by atoms with Crippen LogP contribution in [0.1, 0.15) is 43.4 Å². The van der Waals surface area contributed by atoms with Crippen LogP contribution in [0.3, 0.4) is 0 Å². The van der Waals surface area contributed by atoms with Crippen LogP contribution in [-0.4, -0.2) is 59.7 Å². The van der Waals surface area contributed by atoms with Crippen LogP contribution in [0, 0.1) is 0 Å². The smallest absolute Gasteiger partial charge is 0.225 e. The monoisotopic (exact) mass is 381 g/mol. The van der Waals surface area contributed by atoms with Crippen LogP contribution in [0.2, 0.25) is 0 Å². The zero-order valence-corrected chi connectivity index (χ0v) is 16.9. The van der Waals surface area contributed by atoms with Gasteiger partial charge < -0.3 is 9.64 Å². The van der Waals surface area contributed by atoms with E-state index < -0.39 is 0 Å². The van der Waals surface area contributed by atoms with E-state index in [9.17, 15) is 0 Å². The van der Waals surface area contributed by atoms with E-state index in [2.05, 4.69) is 45.0 Å². The third-order valence-electron chi connectivity index (χ3n) is 6.26. The maximum absolute atomic E-state index is 5.80. The summed E-state index contributed by atoms with van der Waals surface area (Å²) in [5, 5.41) is 0. The average molecular weight is 382 g/mol. The first-order valence-electron chi connectivity index (χ1n) is 10.5. The van der Waals surface area contributed by atoms with Crippen LogP contribution in [-0.2, 0) is 16.7 Å². The van der Waals surface area contributed by atoms with Gasteiger partial charge in [-0.15, -0.1) is 0 Å². The Bertz CT molecular complexity index is 746. The molecule has 6 heteroatoms. The Morgan fingerprint density at radius 2 is 1.79 bits per heavy atom. The number of hydrogen-bond acceptors (Lipinski definition) is 6. The normalized spacial score (nSPS) is 21.1. The van der Waals surface area contributed by atoms with E-state index in [1.807, 2.05) is 18.6 Å². The van der Waals surface area contributed by atoms with Gasteiger partial charge in [-0.3, -0.25) is 9.88 Å². The molecular weight excluding hydrogens is 350 g/mol. The lowest BCUT2D eigenvalue weighted by Gasteiger charge is -2.42. The molecule has 28 heavy (non-hydrogen) atoms. The number of aromatic nitrogens is 3. The molecule has 1 saturated heterocycles. The summed E-state index contributed by atoms with van der Waals surface area (Å²) in [5.41, 5.74) is 2.73. The van der Waals surface area contributed by atoms with Gasteiger partial charge in [0.1, 0.15) is 0 Å². The van der Waals surface area contributed by atoms with Crippen molar-refractivity contribution >= 4 is 5.95 Å². The molecule has 2 bridgehead atoms. The molecule has 0 aromatic carbocycles. The molecule has 6 nitrogen and oxygen atoms in total. The zero-order valence-electron chi connectivity index (χ0n) is 16.9. The first-order chi connectivity index (χ1) is 13.8. The molecule has 0 saturated carbocycles. The Morgan fingerprint density at radius 1 is 0.964 bits per heavy atom. The fourth-order valence-corrected chi connectivity index (χ4v) is 4.42. The standard InChI is InChI=1S/C22H31N5O/c1-26-15-17-28-16-3-2-7-22(20-6-12-24-21(26)25-20)8-13-27(14-9-22)18-19-4-10-23-11-5-19/h4-6,10-12H,2-3,7-9,13-18H2,1H3. The van der Waals surface area contributed by atoms with Crippen molar-refractivity contribution in [2.75, 3.05) is 44.8 Å². The highest BCUT2D eigenvalue weighted by Crippen LogP contribution is 2.39. The number of anilines is 1. The number of hydrogen-bond donors (Lipinski definition) is 0. The number of nitrogens with zero attached hydrogens (tertiary/aromatic N) is 5. The highest BCUT2D eigenvalue weighted by Gasteiger charge is 2.37. The molecule has 0 atom stereocenters. The van der Waals surface area contributed by atoms with Crippen LogP contribution >= 0.6 is 0 Å². The molecule has 1 fully saturated rings. The summed E-state index contributed by atoms with van der Waals surface area (Å²) in [5.74, 6) is 0.820. The van der Waals surface area contributed by atoms with Crippen molar-refractivity contribution < 1.29 is 4.74 Å². The molecule has 0 aliphatic carbocycles. The van der Waals surface area contributed by atoms with Gasteiger partial charge in [-0.1, -0.05) is 6.42 Å². The Kier molecular flexibility index (Phi) is 6.17. The van der Waals surface area contributed by atoms with E-state index in [-0.39, 0.29) is 5.41 Å². The van der Waals surface area contributed by atoms with Crippen molar-refractivity contribution in [3.05, 3.63) is 48.0 Å². The zero-order chi connectivity index (χ0) is 19.2. The Balaban J connectivity index is 1.52. The molecule has 2 aromatic rings. The Hall–Kier alpha value is -2.05. The predicted molar refractivity (Wildman–Crippen MR) is 110 cm³/mol. The van der Waals surface area contributed by atoms with Gasteiger partial charge >= 0.3 is 0 Å². The first-order valence-corrected chi connectivity index (χ1v) is 10.5. The van der Waals surface area contributed by atoms with Gasteiger partial charge in [0.15, 0.2) is 0 Å². The summed E-state index contributed by atoms with van der Waals surface area (Å²) in [6.45, 7) is 5.63. The molecule has 4 rings (SSSR count). The summed E-state index contributed by atoms with van der Waals surface area (Å²) in [6, 6.07) is 6.39. The molecule has 0 radical (unpaired) electrons. The van der Waals surface area contributed by atoms with Crippen molar-refractivity contribution in [3.63, 3.8) is 0 Å². The minimum atomic E-state index is 0.159. The number of likely N-dealkylation sites (tertiary alicyclic amines) is 1. The second-order valence-electron chi connectivity index (χ2n) is 8.14. The maximum Gasteiger partial charge on any atom is 0.225 e. The third-order valence-corrected chi connectivity index (χ3v) is 6.26. The molecule has 1 spiro atoms. The molecular formula is C22H31N5O. The summed E-state index contributed by atoms with van der Waals surface area (Å²) in [4.78, 5) is 18.3. The van der Waals surface area contributed by atoms with Crippen LogP contribution in [0.4, 0.5) is 5.95 Å². The molecule has 0 unspecified atom stereocenters. The first kappa shape index (κ1) is 19.3. The second kappa shape index (κ2) is 8.97. The van der Waals surface area contributed by atoms with Crippen molar-refractivity contribution in [1.29, 1.82) is 0 Å². The highest BCUT2D eigenvalue weighted by molar-refractivity contribution is 5.31. The van der Waals surface area contributed by atoms with Crippen LogP contribution in [0.5, 0.6) is 0 Å². The maximum atomic E-state index is 5.80. The van der Waals surface area contributed by atoms with Gasteiger partial charge in [-0.2, -0.15) is 0 Å². The van der Waals surface area contributed by atoms with Gasteiger partial charge in [-0.05, 0) is 62.5 Å². The molecule has 0 N–H and O–H groups in total. The lowest BCUT2D eigenvalue weighted by atomic mass is 9.72. The van der Waals surface area contributed by atoms with Crippen LogP contribution in [0.15, 0.2) is 36.8 Å². The van der Waals surface area contributed by atoms with Gasteiger partial charge in [-0.25, -0.2) is 9.97 Å². The van der Waals surface area contributed by atoms with Crippen molar-refractivity contribution in [2.24, 2.45) is 0 Å². The largest absolute Gasteiger partial charge is 0.380 e. The van der Waals surface area contributed by atoms with E-state index in [0.717, 1.165) is 64.6 Å². The van der Waals surface area contributed by atoms with E-state index in [1.165, 1.54) is 24.1 Å². The van der Waals surface area contributed by atoms with Gasteiger partial charge in [0, 0.05) is 50.7 Å². The number of rotatable bonds is 2. The predicted octanol–water partition coefficient (Wildman–Crippen LogP) is 3.04. The molecule has 2 aliphatic rings. The van der Waals surface area contributed by atoms with Crippen LogP contribution < -0.4 is 4.90 Å². The number of pyridine rings is 1. The van der Waals surface area contributed by atoms with E-state index in [4.69, 9.17) is 9.72 Å². The van der Waals surface area contributed by atoms with Gasteiger partial charge in [0.2, 0.25) is 5.95 Å². The summed E-state index contributed by atoms with van der Waals surface area (Å²) >= 11 is 0. The SMILES string of the molecule is CN1CCOCCCCC2(CCN(Cc3ccncc3)CC2)c2ccnc1n2. The summed E-state index contributed by atoms with van der Waals surface area (Å²) in [6.07, 6.45) is 11.5. The van der Waals surface area contributed by atoms with E-state index in [1.54, 1.807) is 0 Å². The average Bonchev–Trinajstić information content (AvgIpc) is 2.74. The minimum absolute atomic E-state index is 0.159. The van der Waals surface area contributed by atoms with Crippen molar-refractivity contribution in [2.45, 2.75) is 44.1 Å². The number of ether oxygens (including phenoxy) is 1. The van der Waals surface area contributed by atoms with Gasteiger partial charge in [0.25, 0.3) is 0 Å². The third kappa shape index (κ3) is 4.50. The van der Waals surface area contributed by atoms with Crippen molar-refractivity contribution in [1.82, 2.24) is 19.9 Å². The Morgan fingerprint density at radius 3 is 2.61 bits per heavy atom. The second-order valence-corrected chi connectivity index (χ2v) is 8.14. The van der Waals surface area contributed by atoms with Crippen LogP contribution in [0.25, 0.3) is 0 Å². The molecule has 0 amide bonds. The summed E-state index contributed by atoms with van der Waals surface area (Å²) in [7, 11) is 2.05. The lowest BCUT2D eigenvalue weighted by Crippen LogP contribution is -2.43. The number of piperidine rings is 1. The fraction of sp³-hybridized carbons (Fsp3) is 0.591. The lowest BCUT2D eigenvalue weighted by molar-refractivity contribution is 0.120. The van der Waals surface area contributed by atoms with Crippen molar-refractivity contribution in [3.8, 4) is 0 Å². The number of likely N-dealkylation sites (N-methyl/N-ethyl adjacent to an activating group) is 1. The topological polar surface area (TPSA) is 54.4 Å². The van der Waals surface area contributed by atoms with Gasteiger partial charge in [0.05, 0.1) is 12.3 Å². The van der Waals surface area contributed by atoms with E-state index in [0.29, 0.717) is 0 Å². The molecule has 2 aliphatic heterocycles. The molecule has 4 heterocycles. The Labute approximate surface area is 168 Å². The molecule has 150 valence electrons. The minimum Gasteiger partial charge on any atom is -0.380 e. The highest BCUT2D eigenvalue weighted by atomic mass is 16.5. The summed E-state index contributed by atoms with van der Waals surface area (Å²) < 4.78 is 5.80. The number of fused-ring (bicyclic) bond motifs is 3. The molecule has 2 aromatic heterocycles.